The number of nitrogens with zero attached hydrogens (tertiary/aromatic N) is 1. The molecule has 0 aliphatic carbocycles. The number of nitrogens with two attached hydrogens (primary N) is 1. The topological polar surface area (TPSA) is 38.5 Å². The Bertz CT molecular complexity index is 406. The van der Waals surface area contributed by atoms with E-state index in [1.165, 1.54) is 18.6 Å². The molecule has 0 aromatic heterocycles. The minimum Gasteiger partial charge on any atom is -0.491 e. The second kappa shape index (κ2) is 7.90. The van der Waals surface area contributed by atoms with E-state index in [2.05, 4.69) is 4.90 Å². The molecule has 1 aliphatic rings. The van der Waals surface area contributed by atoms with E-state index < -0.39 is 0 Å². The molecule has 1 aromatic carbocycles. The lowest BCUT2D eigenvalue weighted by atomic mass is 10.2. The molecule has 19 heavy (non-hydrogen) atoms. The van der Waals surface area contributed by atoms with Gasteiger partial charge in [-0.25, -0.2) is 4.39 Å². The molecule has 2 rings (SSSR count). The molecule has 0 saturated carbocycles. The lowest BCUT2D eigenvalue weighted by Crippen LogP contribution is -2.37. The van der Waals surface area contributed by atoms with Gasteiger partial charge in [-0.05, 0) is 37.6 Å². The summed E-state index contributed by atoms with van der Waals surface area (Å²) in [4.78, 5) is 2.33. The summed E-state index contributed by atoms with van der Waals surface area (Å²) >= 11 is 5.88. The van der Waals surface area contributed by atoms with Gasteiger partial charge >= 0.3 is 0 Å². The van der Waals surface area contributed by atoms with E-state index >= 15 is 0 Å². The molecule has 108 valence electrons. The largest absolute Gasteiger partial charge is 0.491 e. The molecule has 3 nitrogen and oxygen atoms in total. The highest BCUT2D eigenvalue weighted by molar-refractivity contribution is 6.32. The minimum atomic E-state index is -0.352. The van der Waals surface area contributed by atoms with Gasteiger partial charge in [0.25, 0.3) is 0 Å². The zero-order valence-electron chi connectivity index (χ0n) is 10.6. The predicted octanol–water partition coefficient (Wildman–Crippen LogP) is 2.70. The lowest BCUT2D eigenvalue weighted by molar-refractivity contribution is 0.199. The second-order valence-electron chi connectivity index (χ2n) is 4.49. The fourth-order valence-electron chi connectivity index (χ4n) is 2.32. The molecular formula is C13H19Cl2FN2O. The van der Waals surface area contributed by atoms with Gasteiger partial charge in [0.2, 0.25) is 0 Å². The summed E-state index contributed by atoms with van der Waals surface area (Å²) in [6.07, 6.45) is 2.35. The summed E-state index contributed by atoms with van der Waals surface area (Å²) in [6, 6.07) is 4.63. The molecule has 6 heteroatoms. The van der Waals surface area contributed by atoms with Gasteiger partial charge in [0.15, 0.2) is 0 Å². The number of hydrogen-bond donors (Lipinski definition) is 1. The Balaban J connectivity index is 0.00000180. The van der Waals surface area contributed by atoms with E-state index in [4.69, 9.17) is 22.1 Å². The summed E-state index contributed by atoms with van der Waals surface area (Å²) in [5.41, 5.74) is 5.70. The Kier molecular flexibility index (Phi) is 6.86. The van der Waals surface area contributed by atoms with Gasteiger partial charge in [-0.1, -0.05) is 11.6 Å². The van der Waals surface area contributed by atoms with Crippen LogP contribution in [0.5, 0.6) is 5.75 Å². The van der Waals surface area contributed by atoms with Gasteiger partial charge in [0, 0.05) is 19.1 Å². The summed E-state index contributed by atoms with van der Waals surface area (Å²) in [5, 5.41) is 0.312. The van der Waals surface area contributed by atoms with Crippen LogP contribution in [0.15, 0.2) is 18.2 Å². The van der Waals surface area contributed by atoms with Crippen LogP contribution in [-0.4, -0.2) is 37.2 Å². The van der Waals surface area contributed by atoms with Crippen molar-refractivity contribution in [2.24, 2.45) is 5.73 Å². The quantitative estimate of drug-likeness (QED) is 0.909. The van der Waals surface area contributed by atoms with Crippen LogP contribution >= 0.6 is 24.0 Å². The number of benzene rings is 1. The highest BCUT2D eigenvalue weighted by Gasteiger charge is 2.22. The van der Waals surface area contributed by atoms with Crippen LogP contribution in [0.3, 0.4) is 0 Å². The Labute approximate surface area is 124 Å². The van der Waals surface area contributed by atoms with Crippen molar-refractivity contribution in [1.82, 2.24) is 4.90 Å². The zero-order valence-corrected chi connectivity index (χ0v) is 12.2. The van der Waals surface area contributed by atoms with E-state index in [1.807, 2.05) is 0 Å². The average molecular weight is 309 g/mol. The number of rotatable bonds is 5. The molecule has 1 saturated heterocycles. The first-order valence-corrected chi connectivity index (χ1v) is 6.60. The van der Waals surface area contributed by atoms with Crippen molar-refractivity contribution < 1.29 is 9.13 Å². The van der Waals surface area contributed by atoms with Crippen molar-refractivity contribution in [1.29, 1.82) is 0 Å². The number of halogens is 3. The van der Waals surface area contributed by atoms with Crippen LogP contribution in [0.1, 0.15) is 12.8 Å². The van der Waals surface area contributed by atoms with Crippen molar-refractivity contribution in [3.8, 4) is 5.75 Å². The van der Waals surface area contributed by atoms with Crippen LogP contribution in [0.2, 0.25) is 5.02 Å². The molecule has 0 radical (unpaired) electrons. The molecular weight excluding hydrogens is 290 g/mol. The smallest absolute Gasteiger partial charge is 0.138 e. The summed E-state index contributed by atoms with van der Waals surface area (Å²) in [7, 11) is 0. The second-order valence-corrected chi connectivity index (χ2v) is 4.90. The predicted molar refractivity (Wildman–Crippen MR) is 77.8 cm³/mol. The molecule has 0 bridgehead atoms. The Morgan fingerprint density at radius 3 is 2.95 bits per heavy atom. The lowest BCUT2D eigenvalue weighted by Gasteiger charge is -2.23. The summed E-state index contributed by atoms with van der Waals surface area (Å²) in [5.74, 6) is 0.177. The maximum Gasteiger partial charge on any atom is 0.138 e. The molecule has 0 amide bonds. The third kappa shape index (κ3) is 4.49. The van der Waals surface area contributed by atoms with Gasteiger partial charge in [0.05, 0.1) is 5.02 Å². The highest BCUT2D eigenvalue weighted by Crippen LogP contribution is 2.25. The van der Waals surface area contributed by atoms with Crippen molar-refractivity contribution in [3.63, 3.8) is 0 Å². The molecule has 1 aromatic rings. The van der Waals surface area contributed by atoms with E-state index in [0.29, 0.717) is 30.0 Å². The summed E-state index contributed by atoms with van der Waals surface area (Å²) < 4.78 is 18.4. The van der Waals surface area contributed by atoms with Crippen molar-refractivity contribution in [2.75, 3.05) is 26.2 Å². The van der Waals surface area contributed by atoms with Crippen LogP contribution < -0.4 is 10.5 Å². The molecule has 1 heterocycles. The van der Waals surface area contributed by atoms with Gasteiger partial charge in [-0.2, -0.15) is 0 Å². The molecule has 2 N–H and O–H groups in total. The molecule has 1 unspecified atom stereocenters. The Morgan fingerprint density at radius 1 is 1.47 bits per heavy atom. The zero-order chi connectivity index (χ0) is 13.0. The third-order valence-corrected chi connectivity index (χ3v) is 3.60. The summed E-state index contributed by atoms with van der Waals surface area (Å²) in [6.45, 7) is 3.14. The monoisotopic (exact) mass is 308 g/mol. The van der Waals surface area contributed by atoms with E-state index in [-0.39, 0.29) is 18.2 Å². The first kappa shape index (κ1) is 16.5. The van der Waals surface area contributed by atoms with Gasteiger partial charge in [-0.3, -0.25) is 4.90 Å². The Morgan fingerprint density at radius 2 is 2.26 bits per heavy atom. The molecule has 1 aliphatic heterocycles. The van der Waals surface area contributed by atoms with Crippen LogP contribution in [-0.2, 0) is 0 Å². The van der Waals surface area contributed by atoms with Gasteiger partial charge in [0.1, 0.15) is 18.2 Å². The van der Waals surface area contributed by atoms with Gasteiger partial charge in [-0.15, -0.1) is 12.4 Å². The fourth-order valence-corrected chi connectivity index (χ4v) is 2.54. The number of hydrogen-bond acceptors (Lipinski definition) is 3. The number of ether oxygens (including phenoxy) is 1. The molecule has 1 atom stereocenters. The normalized spacial score (nSPS) is 19.2. The van der Waals surface area contributed by atoms with Crippen molar-refractivity contribution in [3.05, 3.63) is 29.0 Å². The van der Waals surface area contributed by atoms with E-state index in [0.717, 1.165) is 19.5 Å². The van der Waals surface area contributed by atoms with Crippen LogP contribution in [0.4, 0.5) is 4.39 Å². The molecule has 0 spiro atoms. The number of likely N-dealkylation sites (tertiary alicyclic amines) is 1. The van der Waals surface area contributed by atoms with E-state index in [9.17, 15) is 4.39 Å². The maximum atomic E-state index is 12.9. The third-order valence-electron chi connectivity index (χ3n) is 3.30. The Hall–Kier alpha value is -0.550. The average Bonchev–Trinajstić information content (AvgIpc) is 2.79. The van der Waals surface area contributed by atoms with E-state index in [1.54, 1.807) is 6.07 Å². The van der Waals surface area contributed by atoms with Crippen molar-refractivity contribution in [2.45, 2.75) is 18.9 Å². The van der Waals surface area contributed by atoms with Gasteiger partial charge < -0.3 is 10.5 Å². The van der Waals surface area contributed by atoms with Crippen LogP contribution in [0.25, 0.3) is 0 Å². The standard InChI is InChI=1S/C13H18ClFN2O.ClH/c14-12-8-10(15)3-4-13(12)18-7-6-17-5-1-2-11(17)9-16;/h3-4,8,11H,1-2,5-7,9,16H2;1H. The van der Waals surface area contributed by atoms with Crippen LogP contribution in [0, 0.1) is 5.82 Å². The first-order valence-electron chi connectivity index (χ1n) is 6.22. The maximum absolute atomic E-state index is 12.9. The molecule has 1 fully saturated rings. The fraction of sp³-hybridized carbons (Fsp3) is 0.538. The first-order chi connectivity index (χ1) is 8.70. The highest BCUT2D eigenvalue weighted by atomic mass is 35.5. The van der Waals surface area contributed by atoms with Crippen molar-refractivity contribution >= 4 is 24.0 Å². The SMILES string of the molecule is Cl.NCC1CCCN1CCOc1ccc(F)cc1Cl. The minimum absolute atomic E-state index is 0.